The van der Waals surface area contributed by atoms with Gasteiger partial charge in [-0.2, -0.15) is 5.10 Å². The van der Waals surface area contributed by atoms with Crippen LogP contribution >= 0.6 is 0 Å². The van der Waals surface area contributed by atoms with E-state index >= 15 is 0 Å². The monoisotopic (exact) mass is 413 g/mol. The van der Waals surface area contributed by atoms with Crippen LogP contribution in [0.3, 0.4) is 0 Å². The van der Waals surface area contributed by atoms with Gasteiger partial charge in [0.1, 0.15) is 18.2 Å². The zero-order valence-corrected chi connectivity index (χ0v) is 16.6. The summed E-state index contributed by atoms with van der Waals surface area (Å²) in [7, 11) is 0. The molecular formula is C25H20FN3O2. The lowest BCUT2D eigenvalue weighted by molar-refractivity contribution is 0.0955. The molecule has 0 bridgehead atoms. The molecule has 0 spiro atoms. The molecule has 1 heterocycles. The number of aromatic nitrogens is 1. The number of carbonyl (C=O) groups is 1. The Hall–Kier alpha value is -4.19. The van der Waals surface area contributed by atoms with Crippen molar-refractivity contribution in [3.05, 3.63) is 120 Å². The summed E-state index contributed by atoms with van der Waals surface area (Å²) in [5.41, 5.74) is 5.23. The first-order valence-corrected chi connectivity index (χ1v) is 9.72. The zero-order chi connectivity index (χ0) is 21.5. The lowest BCUT2D eigenvalue weighted by Gasteiger charge is -2.07. The second-order valence-electron chi connectivity index (χ2n) is 6.79. The molecule has 1 amide bonds. The van der Waals surface area contributed by atoms with Crippen molar-refractivity contribution >= 4 is 12.1 Å². The van der Waals surface area contributed by atoms with E-state index in [2.05, 4.69) is 10.5 Å². The minimum Gasteiger partial charge on any atom is -0.489 e. The third-order valence-electron chi connectivity index (χ3n) is 4.62. The number of halogens is 1. The fraction of sp³-hybridized carbons (Fsp3) is 0.0400. The quantitative estimate of drug-likeness (QED) is 0.344. The topological polar surface area (TPSA) is 55.6 Å². The van der Waals surface area contributed by atoms with Crippen LogP contribution in [-0.2, 0) is 6.61 Å². The molecule has 1 aromatic heterocycles. The van der Waals surface area contributed by atoms with Crippen LogP contribution in [0.15, 0.2) is 102 Å². The van der Waals surface area contributed by atoms with Crippen molar-refractivity contribution in [1.82, 2.24) is 9.99 Å². The van der Waals surface area contributed by atoms with Crippen LogP contribution in [-0.4, -0.2) is 16.7 Å². The van der Waals surface area contributed by atoms with Crippen molar-refractivity contribution in [2.45, 2.75) is 6.61 Å². The number of nitrogens with zero attached hydrogens (tertiary/aromatic N) is 2. The molecule has 6 heteroatoms. The smallest absolute Gasteiger partial charge is 0.271 e. The van der Waals surface area contributed by atoms with Gasteiger partial charge in [0.2, 0.25) is 0 Å². The summed E-state index contributed by atoms with van der Waals surface area (Å²) < 4.78 is 21.3. The second kappa shape index (κ2) is 9.54. The molecule has 5 nitrogen and oxygen atoms in total. The summed E-state index contributed by atoms with van der Waals surface area (Å²) in [5, 5.41) is 4.02. The zero-order valence-electron chi connectivity index (χ0n) is 16.6. The Bertz CT molecular complexity index is 1190. The van der Waals surface area contributed by atoms with Crippen molar-refractivity contribution < 1.29 is 13.9 Å². The van der Waals surface area contributed by atoms with Gasteiger partial charge in [-0.15, -0.1) is 0 Å². The highest BCUT2D eigenvalue weighted by atomic mass is 19.1. The number of hydrazone groups is 1. The molecule has 0 unspecified atom stereocenters. The third-order valence-corrected chi connectivity index (χ3v) is 4.62. The average Bonchev–Trinajstić information content (AvgIpc) is 3.34. The largest absolute Gasteiger partial charge is 0.489 e. The molecule has 0 aliphatic heterocycles. The fourth-order valence-electron chi connectivity index (χ4n) is 2.98. The van der Waals surface area contributed by atoms with Gasteiger partial charge in [0.05, 0.1) is 6.21 Å². The fourth-order valence-corrected chi connectivity index (χ4v) is 2.98. The van der Waals surface area contributed by atoms with E-state index in [4.69, 9.17) is 4.74 Å². The van der Waals surface area contributed by atoms with Gasteiger partial charge < -0.3 is 9.30 Å². The summed E-state index contributed by atoms with van der Waals surface area (Å²) in [6, 6.07) is 24.8. The molecular weight excluding hydrogens is 393 g/mol. The molecule has 31 heavy (non-hydrogen) atoms. The highest BCUT2D eigenvalue weighted by molar-refractivity contribution is 5.95. The Kier molecular flexibility index (Phi) is 6.18. The maximum absolute atomic E-state index is 13.7. The van der Waals surface area contributed by atoms with Crippen LogP contribution in [0.1, 0.15) is 21.5 Å². The van der Waals surface area contributed by atoms with Crippen LogP contribution in [0.5, 0.6) is 5.75 Å². The summed E-state index contributed by atoms with van der Waals surface area (Å²) in [4.78, 5) is 12.3. The minimum absolute atomic E-state index is 0.128. The number of benzene rings is 3. The van der Waals surface area contributed by atoms with E-state index in [1.165, 1.54) is 12.3 Å². The maximum Gasteiger partial charge on any atom is 0.271 e. The lowest BCUT2D eigenvalue weighted by Crippen LogP contribution is -2.17. The predicted molar refractivity (Wildman–Crippen MR) is 118 cm³/mol. The van der Waals surface area contributed by atoms with Gasteiger partial charge in [-0.05, 0) is 60.2 Å². The molecule has 0 saturated carbocycles. The number of ether oxygens (including phenoxy) is 1. The molecule has 0 saturated heterocycles. The lowest BCUT2D eigenvalue weighted by atomic mass is 10.2. The first-order chi connectivity index (χ1) is 15.2. The van der Waals surface area contributed by atoms with Gasteiger partial charge in [0, 0.05) is 29.2 Å². The van der Waals surface area contributed by atoms with E-state index < -0.39 is 0 Å². The molecule has 0 fully saturated rings. The molecule has 4 aromatic rings. The standard InChI is InChI=1S/C25H20FN3O2/c26-24-9-2-1-7-21(24)18-31-23-8-5-6-19(16-23)17-27-28-25(30)20-10-12-22(13-11-20)29-14-3-4-15-29/h1-17H,18H2,(H,28,30). The van der Waals surface area contributed by atoms with Gasteiger partial charge in [0.15, 0.2) is 0 Å². The first-order valence-electron chi connectivity index (χ1n) is 9.72. The second-order valence-corrected chi connectivity index (χ2v) is 6.79. The van der Waals surface area contributed by atoms with E-state index in [1.807, 2.05) is 47.3 Å². The van der Waals surface area contributed by atoms with Gasteiger partial charge in [-0.25, -0.2) is 9.82 Å². The van der Waals surface area contributed by atoms with Crippen molar-refractivity contribution in [3.63, 3.8) is 0 Å². The van der Waals surface area contributed by atoms with Crippen molar-refractivity contribution in [3.8, 4) is 11.4 Å². The molecule has 0 atom stereocenters. The van der Waals surface area contributed by atoms with Gasteiger partial charge in [-0.1, -0.05) is 30.3 Å². The third kappa shape index (κ3) is 5.25. The molecule has 4 rings (SSSR count). The number of rotatable bonds is 7. The molecule has 0 aliphatic rings. The summed E-state index contributed by atoms with van der Waals surface area (Å²) in [6.07, 6.45) is 5.41. The Balaban J connectivity index is 1.34. The van der Waals surface area contributed by atoms with Gasteiger partial charge in [0.25, 0.3) is 5.91 Å². The van der Waals surface area contributed by atoms with Crippen molar-refractivity contribution in [2.24, 2.45) is 5.10 Å². The van der Waals surface area contributed by atoms with Crippen LogP contribution in [0.4, 0.5) is 4.39 Å². The van der Waals surface area contributed by atoms with E-state index in [9.17, 15) is 9.18 Å². The first kappa shape index (κ1) is 20.1. The van der Waals surface area contributed by atoms with E-state index in [0.29, 0.717) is 16.9 Å². The predicted octanol–water partition coefficient (Wildman–Crippen LogP) is 4.96. The van der Waals surface area contributed by atoms with Gasteiger partial charge in [-0.3, -0.25) is 4.79 Å². The van der Waals surface area contributed by atoms with Gasteiger partial charge >= 0.3 is 0 Å². The highest BCUT2D eigenvalue weighted by Gasteiger charge is 2.05. The molecule has 3 aromatic carbocycles. The van der Waals surface area contributed by atoms with Crippen LogP contribution in [0, 0.1) is 5.82 Å². The van der Waals surface area contributed by atoms with Crippen LogP contribution in [0.25, 0.3) is 5.69 Å². The Labute approximate surface area is 179 Å². The normalized spacial score (nSPS) is 10.9. The summed E-state index contributed by atoms with van der Waals surface area (Å²) in [5.74, 6) is -0.0225. The van der Waals surface area contributed by atoms with E-state index in [1.54, 1.807) is 48.5 Å². The molecule has 0 radical (unpaired) electrons. The van der Waals surface area contributed by atoms with Crippen LogP contribution < -0.4 is 10.2 Å². The Morgan fingerprint density at radius 3 is 2.52 bits per heavy atom. The van der Waals surface area contributed by atoms with E-state index in [-0.39, 0.29) is 18.3 Å². The van der Waals surface area contributed by atoms with E-state index in [0.717, 1.165) is 11.3 Å². The molecule has 0 aliphatic carbocycles. The Morgan fingerprint density at radius 2 is 1.74 bits per heavy atom. The summed E-state index contributed by atoms with van der Waals surface area (Å²) >= 11 is 0. The Morgan fingerprint density at radius 1 is 0.968 bits per heavy atom. The number of nitrogens with one attached hydrogen (secondary N) is 1. The maximum atomic E-state index is 13.7. The molecule has 154 valence electrons. The van der Waals surface area contributed by atoms with Crippen molar-refractivity contribution in [2.75, 3.05) is 0 Å². The number of amides is 1. The number of hydrogen-bond acceptors (Lipinski definition) is 3. The number of carbonyl (C=O) groups excluding carboxylic acids is 1. The molecule has 1 N–H and O–H groups in total. The SMILES string of the molecule is O=C(NN=Cc1cccc(OCc2ccccc2F)c1)c1ccc(-n2cccc2)cc1. The van der Waals surface area contributed by atoms with Crippen LogP contribution in [0.2, 0.25) is 0 Å². The number of hydrogen-bond donors (Lipinski definition) is 1. The minimum atomic E-state index is -0.303. The van der Waals surface area contributed by atoms with Crippen molar-refractivity contribution in [1.29, 1.82) is 0 Å². The summed E-state index contributed by atoms with van der Waals surface area (Å²) in [6.45, 7) is 0.128. The average molecular weight is 413 g/mol. The highest BCUT2D eigenvalue weighted by Crippen LogP contribution is 2.16.